The van der Waals surface area contributed by atoms with Gasteiger partial charge in [0.15, 0.2) is 0 Å². The van der Waals surface area contributed by atoms with E-state index in [1.807, 2.05) is 55.5 Å². The maximum atomic E-state index is 11.9. The molecule has 0 saturated carbocycles. The van der Waals surface area contributed by atoms with E-state index in [1.165, 1.54) is 6.08 Å². The minimum absolute atomic E-state index is 0.189. The molecule has 1 amide bonds. The first kappa shape index (κ1) is 14.6. The Kier molecular flexibility index (Phi) is 4.11. The SMILES string of the molecule is Cc1ccc(NC(=O)C=Cc2cc3cc(Br)ccc3o2)cc1. The molecule has 4 heteroatoms. The zero-order chi connectivity index (χ0) is 15.5. The first-order chi connectivity index (χ1) is 10.6. The van der Waals surface area contributed by atoms with Crippen LogP contribution < -0.4 is 5.32 Å². The summed E-state index contributed by atoms with van der Waals surface area (Å²) in [6.45, 7) is 2.01. The molecule has 3 rings (SSSR count). The summed E-state index contributed by atoms with van der Waals surface area (Å²) in [7, 11) is 0. The highest BCUT2D eigenvalue weighted by Crippen LogP contribution is 2.24. The van der Waals surface area contributed by atoms with Crippen molar-refractivity contribution in [3.05, 3.63) is 70.4 Å². The second-order valence-corrected chi connectivity index (χ2v) is 5.94. The van der Waals surface area contributed by atoms with Crippen molar-refractivity contribution < 1.29 is 9.21 Å². The Balaban J connectivity index is 1.71. The largest absolute Gasteiger partial charge is 0.457 e. The molecule has 110 valence electrons. The van der Waals surface area contributed by atoms with Gasteiger partial charge in [-0.2, -0.15) is 0 Å². The Morgan fingerprint density at radius 2 is 1.91 bits per heavy atom. The third-order valence-corrected chi connectivity index (χ3v) is 3.71. The summed E-state index contributed by atoms with van der Waals surface area (Å²) in [5.74, 6) is 0.456. The molecule has 1 heterocycles. The molecule has 1 aromatic heterocycles. The second kappa shape index (κ2) is 6.20. The Morgan fingerprint density at radius 3 is 2.68 bits per heavy atom. The molecule has 0 fully saturated rings. The number of hydrogen-bond donors (Lipinski definition) is 1. The van der Waals surface area contributed by atoms with Gasteiger partial charge in [0.1, 0.15) is 11.3 Å². The molecule has 0 aliphatic rings. The van der Waals surface area contributed by atoms with Crippen molar-refractivity contribution in [1.29, 1.82) is 0 Å². The summed E-state index contributed by atoms with van der Waals surface area (Å²) in [6, 6.07) is 15.3. The number of carbonyl (C=O) groups excluding carboxylic acids is 1. The number of furan rings is 1. The van der Waals surface area contributed by atoms with Crippen LogP contribution in [0, 0.1) is 6.92 Å². The van der Waals surface area contributed by atoms with Gasteiger partial charge in [0.25, 0.3) is 0 Å². The van der Waals surface area contributed by atoms with Crippen LogP contribution in [0.4, 0.5) is 5.69 Å². The van der Waals surface area contributed by atoms with Crippen LogP contribution in [0.5, 0.6) is 0 Å². The van der Waals surface area contributed by atoms with Gasteiger partial charge in [-0.05, 0) is 49.4 Å². The summed E-state index contributed by atoms with van der Waals surface area (Å²) in [6.07, 6.45) is 3.13. The van der Waals surface area contributed by atoms with Gasteiger partial charge >= 0.3 is 0 Å². The number of hydrogen-bond acceptors (Lipinski definition) is 2. The van der Waals surface area contributed by atoms with Gasteiger partial charge in [-0.25, -0.2) is 0 Å². The summed E-state index contributed by atoms with van der Waals surface area (Å²) in [4.78, 5) is 11.9. The van der Waals surface area contributed by atoms with Crippen molar-refractivity contribution in [2.45, 2.75) is 6.92 Å². The standard InChI is InChI=1S/C18H14BrNO2/c1-12-2-5-15(6-3-12)20-18(21)9-7-16-11-13-10-14(19)4-8-17(13)22-16/h2-11H,1H3,(H,20,21). The van der Waals surface area contributed by atoms with E-state index in [4.69, 9.17) is 4.42 Å². The fourth-order valence-corrected chi connectivity index (χ4v) is 2.47. The number of carbonyl (C=O) groups is 1. The molecular weight excluding hydrogens is 342 g/mol. The number of benzene rings is 2. The molecule has 0 spiro atoms. The van der Waals surface area contributed by atoms with E-state index in [0.717, 1.165) is 26.7 Å². The van der Waals surface area contributed by atoms with E-state index >= 15 is 0 Å². The Morgan fingerprint density at radius 1 is 1.14 bits per heavy atom. The molecular formula is C18H14BrNO2. The lowest BCUT2D eigenvalue weighted by Crippen LogP contribution is -2.07. The number of amides is 1. The molecule has 0 aliphatic carbocycles. The monoisotopic (exact) mass is 355 g/mol. The molecule has 0 aliphatic heterocycles. The molecule has 0 radical (unpaired) electrons. The van der Waals surface area contributed by atoms with Gasteiger partial charge in [-0.3, -0.25) is 4.79 Å². The molecule has 0 bridgehead atoms. The number of fused-ring (bicyclic) bond motifs is 1. The summed E-state index contributed by atoms with van der Waals surface area (Å²) >= 11 is 3.42. The molecule has 0 atom stereocenters. The third kappa shape index (κ3) is 3.46. The van der Waals surface area contributed by atoms with Gasteiger partial charge in [0, 0.05) is 21.6 Å². The predicted octanol–water partition coefficient (Wildman–Crippen LogP) is 5.16. The van der Waals surface area contributed by atoms with E-state index in [-0.39, 0.29) is 5.91 Å². The normalized spacial score (nSPS) is 11.2. The second-order valence-electron chi connectivity index (χ2n) is 5.02. The molecule has 3 nitrogen and oxygen atoms in total. The number of anilines is 1. The van der Waals surface area contributed by atoms with Crippen LogP contribution in [0.15, 0.2) is 63.5 Å². The van der Waals surface area contributed by atoms with Crippen molar-refractivity contribution in [3.8, 4) is 0 Å². The summed E-state index contributed by atoms with van der Waals surface area (Å²) < 4.78 is 6.65. The third-order valence-electron chi connectivity index (χ3n) is 3.22. The summed E-state index contributed by atoms with van der Waals surface area (Å²) in [5, 5.41) is 3.80. The Bertz CT molecular complexity index is 847. The van der Waals surface area contributed by atoms with Crippen LogP contribution in [-0.4, -0.2) is 5.91 Å². The van der Waals surface area contributed by atoms with E-state index in [0.29, 0.717) is 5.76 Å². The highest BCUT2D eigenvalue weighted by atomic mass is 79.9. The smallest absolute Gasteiger partial charge is 0.248 e. The topological polar surface area (TPSA) is 42.2 Å². The first-order valence-electron chi connectivity index (χ1n) is 6.85. The first-order valence-corrected chi connectivity index (χ1v) is 7.64. The highest BCUT2D eigenvalue weighted by molar-refractivity contribution is 9.10. The molecule has 0 saturated heterocycles. The lowest BCUT2D eigenvalue weighted by atomic mass is 10.2. The maximum Gasteiger partial charge on any atom is 0.248 e. The van der Waals surface area contributed by atoms with Crippen LogP contribution in [0.25, 0.3) is 17.0 Å². The van der Waals surface area contributed by atoms with Gasteiger partial charge in [-0.1, -0.05) is 33.6 Å². The zero-order valence-electron chi connectivity index (χ0n) is 12.0. The highest BCUT2D eigenvalue weighted by Gasteiger charge is 2.03. The van der Waals surface area contributed by atoms with E-state index < -0.39 is 0 Å². The Labute approximate surface area is 136 Å². The van der Waals surface area contributed by atoms with Crippen molar-refractivity contribution >= 4 is 44.6 Å². The van der Waals surface area contributed by atoms with E-state index in [2.05, 4.69) is 21.2 Å². The van der Waals surface area contributed by atoms with Crippen LogP contribution in [0.1, 0.15) is 11.3 Å². The molecule has 1 N–H and O–H groups in total. The molecule has 0 unspecified atom stereocenters. The number of rotatable bonds is 3. The molecule has 22 heavy (non-hydrogen) atoms. The van der Waals surface area contributed by atoms with Crippen LogP contribution >= 0.6 is 15.9 Å². The minimum Gasteiger partial charge on any atom is -0.457 e. The van der Waals surface area contributed by atoms with Crippen LogP contribution in [0.2, 0.25) is 0 Å². The van der Waals surface area contributed by atoms with Gasteiger partial charge < -0.3 is 9.73 Å². The fourth-order valence-electron chi connectivity index (χ4n) is 2.10. The van der Waals surface area contributed by atoms with Crippen LogP contribution in [-0.2, 0) is 4.79 Å². The van der Waals surface area contributed by atoms with Gasteiger partial charge in [0.2, 0.25) is 5.91 Å². The number of nitrogens with one attached hydrogen (secondary N) is 1. The van der Waals surface area contributed by atoms with Crippen molar-refractivity contribution in [2.24, 2.45) is 0 Å². The van der Waals surface area contributed by atoms with Gasteiger partial charge in [-0.15, -0.1) is 0 Å². The fraction of sp³-hybridized carbons (Fsp3) is 0.0556. The lowest BCUT2D eigenvalue weighted by Gasteiger charge is -2.01. The van der Waals surface area contributed by atoms with E-state index in [1.54, 1.807) is 6.08 Å². The summed E-state index contributed by atoms with van der Waals surface area (Å²) in [5.41, 5.74) is 2.72. The molecule has 2 aromatic carbocycles. The van der Waals surface area contributed by atoms with E-state index in [9.17, 15) is 4.79 Å². The number of halogens is 1. The average molecular weight is 356 g/mol. The van der Waals surface area contributed by atoms with Crippen LogP contribution in [0.3, 0.4) is 0 Å². The van der Waals surface area contributed by atoms with Crippen molar-refractivity contribution in [2.75, 3.05) is 5.32 Å². The predicted molar refractivity (Wildman–Crippen MR) is 92.8 cm³/mol. The number of aryl methyl sites for hydroxylation is 1. The Hall–Kier alpha value is -2.33. The van der Waals surface area contributed by atoms with Gasteiger partial charge in [0.05, 0.1) is 0 Å². The minimum atomic E-state index is -0.189. The zero-order valence-corrected chi connectivity index (χ0v) is 13.6. The van der Waals surface area contributed by atoms with Crippen molar-refractivity contribution in [3.63, 3.8) is 0 Å². The quantitative estimate of drug-likeness (QED) is 0.659. The average Bonchev–Trinajstić information content (AvgIpc) is 2.89. The molecule has 3 aromatic rings. The maximum absolute atomic E-state index is 11.9. The lowest BCUT2D eigenvalue weighted by molar-refractivity contribution is -0.111. The van der Waals surface area contributed by atoms with Crippen molar-refractivity contribution in [1.82, 2.24) is 0 Å².